The van der Waals surface area contributed by atoms with Crippen LogP contribution in [0.4, 0.5) is 5.69 Å². The van der Waals surface area contributed by atoms with Crippen LogP contribution in [0.2, 0.25) is 5.02 Å². The fourth-order valence-corrected chi connectivity index (χ4v) is 2.36. The first-order chi connectivity index (χ1) is 11.4. The summed E-state index contributed by atoms with van der Waals surface area (Å²) in [5.41, 5.74) is 2.46. The van der Waals surface area contributed by atoms with Crippen molar-refractivity contribution in [2.24, 2.45) is 0 Å². The summed E-state index contributed by atoms with van der Waals surface area (Å²) in [6.45, 7) is 3.60. The molecule has 0 atom stereocenters. The molecule has 0 bridgehead atoms. The molecule has 0 aliphatic carbocycles. The molecule has 2 amide bonds. The number of amides is 2. The van der Waals surface area contributed by atoms with Crippen molar-refractivity contribution >= 4 is 29.1 Å². The lowest BCUT2D eigenvalue weighted by molar-refractivity contribution is -0.123. The summed E-state index contributed by atoms with van der Waals surface area (Å²) in [5.74, 6) is 0.263. The quantitative estimate of drug-likeness (QED) is 0.843. The van der Waals surface area contributed by atoms with Crippen LogP contribution < -0.4 is 15.4 Å². The zero-order valence-electron chi connectivity index (χ0n) is 13.6. The number of carbonyl (C=O) groups excluding carboxylic acids is 2. The van der Waals surface area contributed by atoms with Gasteiger partial charge in [0.1, 0.15) is 5.75 Å². The van der Waals surface area contributed by atoms with E-state index >= 15 is 0 Å². The van der Waals surface area contributed by atoms with E-state index in [0.717, 1.165) is 11.1 Å². The second kappa shape index (κ2) is 8.36. The highest BCUT2D eigenvalue weighted by Crippen LogP contribution is 2.21. The summed E-state index contributed by atoms with van der Waals surface area (Å²) in [5, 5.41) is 6.11. The van der Waals surface area contributed by atoms with Gasteiger partial charge in [0.05, 0.1) is 0 Å². The van der Waals surface area contributed by atoms with Gasteiger partial charge in [0.25, 0.3) is 5.91 Å². The molecule has 6 heteroatoms. The number of nitrogens with one attached hydrogen (secondary N) is 2. The number of carbonyl (C=O) groups is 2. The van der Waals surface area contributed by atoms with E-state index in [1.54, 1.807) is 24.3 Å². The Morgan fingerprint density at radius 2 is 1.96 bits per heavy atom. The van der Waals surface area contributed by atoms with E-state index in [4.69, 9.17) is 16.3 Å². The molecular formula is C18H19ClN2O3. The maximum Gasteiger partial charge on any atom is 0.258 e. The zero-order chi connectivity index (χ0) is 17.5. The summed E-state index contributed by atoms with van der Waals surface area (Å²) in [6.07, 6.45) is 0. The smallest absolute Gasteiger partial charge is 0.258 e. The Balaban J connectivity index is 1.83. The van der Waals surface area contributed by atoms with E-state index in [2.05, 4.69) is 10.6 Å². The monoisotopic (exact) mass is 346 g/mol. The van der Waals surface area contributed by atoms with E-state index in [-0.39, 0.29) is 18.4 Å². The average Bonchev–Trinajstić information content (AvgIpc) is 2.52. The summed E-state index contributed by atoms with van der Waals surface area (Å²) in [4.78, 5) is 23.0. The second-order valence-corrected chi connectivity index (χ2v) is 5.79. The number of anilines is 1. The van der Waals surface area contributed by atoms with Gasteiger partial charge in [0, 0.05) is 24.2 Å². The number of aryl methyl sites for hydroxylation is 1. The Hall–Kier alpha value is -2.53. The second-order valence-electron chi connectivity index (χ2n) is 5.36. The molecule has 2 aromatic carbocycles. The van der Waals surface area contributed by atoms with E-state index in [1.807, 2.05) is 25.1 Å². The van der Waals surface area contributed by atoms with Gasteiger partial charge in [-0.1, -0.05) is 23.7 Å². The Labute approximate surface area is 146 Å². The Morgan fingerprint density at radius 3 is 2.67 bits per heavy atom. The number of benzene rings is 2. The standard InChI is InChI=1S/C18H19ClN2O3/c1-12-8-15(19)6-7-17(12)24-11-18(23)20-10-14-4-3-5-16(9-14)21-13(2)22/h3-9H,10-11H2,1-2H3,(H,20,23)(H,21,22). The lowest BCUT2D eigenvalue weighted by Crippen LogP contribution is -2.28. The minimum absolute atomic E-state index is 0.0755. The minimum Gasteiger partial charge on any atom is -0.484 e. The molecule has 2 rings (SSSR count). The highest BCUT2D eigenvalue weighted by atomic mass is 35.5. The van der Waals surface area contributed by atoms with Gasteiger partial charge in [0.2, 0.25) is 5.91 Å². The molecule has 2 aromatic rings. The van der Waals surface area contributed by atoms with Crippen molar-refractivity contribution in [2.45, 2.75) is 20.4 Å². The summed E-state index contributed by atoms with van der Waals surface area (Å²) >= 11 is 5.88. The first-order valence-corrected chi connectivity index (χ1v) is 7.84. The highest BCUT2D eigenvalue weighted by molar-refractivity contribution is 6.30. The third kappa shape index (κ3) is 5.59. The lowest BCUT2D eigenvalue weighted by atomic mass is 10.2. The summed E-state index contributed by atoms with van der Waals surface area (Å²) in [7, 11) is 0. The summed E-state index contributed by atoms with van der Waals surface area (Å²) < 4.78 is 5.49. The number of ether oxygens (including phenoxy) is 1. The molecule has 0 fully saturated rings. The van der Waals surface area contributed by atoms with Crippen molar-refractivity contribution in [3.05, 3.63) is 58.6 Å². The van der Waals surface area contributed by atoms with E-state index in [1.165, 1.54) is 6.92 Å². The molecule has 0 aliphatic heterocycles. The molecular weight excluding hydrogens is 328 g/mol. The van der Waals surface area contributed by atoms with Crippen LogP contribution in [-0.4, -0.2) is 18.4 Å². The molecule has 0 saturated heterocycles. The van der Waals surface area contributed by atoms with Gasteiger partial charge in [-0.15, -0.1) is 0 Å². The third-order valence-corrected chi connectivity index (χ3v) is 3.47. The average molecular weight is 347 g/mol. The van der Waals surface area contributed by atoms with E-state index in [0.29, 0.717) is 23.0 Å². The van der Waals surface area contributed by atoms with Gasteiger partial charge >= 0.3 is 0 Å². The van der Waals surface area contributed by atoms with Crippen LogP contribution in [0.5, 0.6) is 5.75 Å². The minimum atomic E-state index is -0.228. The predicted molar refractivity (Wildman–Crippen MR) is 94.3 cm³/mol. The van der Waals surface area contributed by atoms with Gasteiger partial charge in [-0.2, -0.15) is 0 Å². The number of halogens is 1. The lowest BCUT2D eigenvalue weighted by Gasteiger charge is -2.10. The van der Waals surface area contributed by atoms with Crippen LogP contribution in [0, 0.1) is 6.92 Å². The fraction of sp³-hybridized carbons (Fsp3) is 0.222. The maximum atomic E-state index is 11.9. The molecule has 0 aliphatic rings. The third-order valence-electron chi connectivity index (χ3n) is 3.23. The molecule has 24 heavy (non-hydrogen) atoms. The number of hydrogen-bond acceptors (Lipinski definition) is 3. The highest BCUT2D eigenvalue weighted by Gasteiger charge is 2.06. The van der Waals surface area contributed by atoms with Crippen molar-refractivity contribution in [3.63, 3.8) is 0 Å². The SMILES string of the molecule is CC(=O)Nc1cccc(CNC(=O)COc2ccc(Cl)cc2C)c1. The van der Waals surface area contributed by atoms with Crippen molar-refractivity contribution in [2.75, 3.05) is 11.9 Å². The van der Waals surface area contributed by atoms with Crippen LogP contribution in [0.1, 0.15) is 18.1 Å². The van der Waals surface area contributed by atoms with Gasteiger partial charge in [-0.05, 0) is 48.4 Å². The molecule has 2 N–H and O–H groups in total. The molecule has 0 radical (unpaired) electrons. The van der Waals surface area contributed by atoms with Crippen molar-refractivity contribution in [3.8, 4) is 5.75 Å². The van der Waals surface area contributed by atoms with Crippen LogP contribution in [-0.2, 0) is 16.1 Å². The molecule has 5 nitrogen and oxygen atoms in total. The normalized spacial score (nSPS) is 10.1. The molecule has 0 saturated carbocycles. The number of hydrogen-bond donors (Lipinski definition) is 2. The van der Waals surface area contributed by atoms with Crippen LogP contribution in [0.15, 0.2) is 42.5 Å². The fourth-order valence-electron chi connectivity index (χ4n) is 2.13. The zero-order valence-corrected chi connectivity index (χ0v) is 14.3. The Bertz CT molecular complexity index is 747. The van der Waals surface area contributed by atoms with Crippen molar-refractivity contribution in [1.29, 1.82) is 0 Å². The van der Waals surface area contributed by atoms with Crippen LogP contribution in [0.3, 0.4) is 0 Å². The Kier molecular flexibility index (Phi) is 6.21. The molecule has 0 aromatic heterocycles. The van der Waals surface area contributed by atoms with Crippen molar-refractivity contribution < 1.29 is 14.3 Å². The summed E-state index contributed by atoms with van der Waals surface area (Å²) in [6, 6.07) is 12.5. The van der Waals surface area contributed by atoms with E-state index in [9.17, 15) is 9.59 Å². The Morgan fingerprint density at radius 1 is 1.17 bits per heavy atom. The van der Waals surface area contributed by atoms with Crippen LogP contribution in [0.25, 0.3) is 0 Å². The topological polar surface area (TPSA) is 67.4 Å². The number of rotatable bonds is 6. The van der Waals surface area contributed by atoms with Crippen molar-refractivity contribution in [1.82, 2.24) is 5.32 Å². The van der Waals surface area contributed by atoms with Gasteiger partial charge in [0.15, 0.2) is 6.61 Å². The molecule has 0 unspecified atom stereocenters. The van der Waals surface area contributed by atoms with E-state index < -0.39 is 0 Å². The maximum absolute atomic E-state index is 11.9. The van der Waals surface area contributed by atoms with Gasteiger partial charge in [-0.25, -0.2) is 0 Å². The largest absolute Gasteiger partial charge is 0.484 e. The predicted octanol–water partition coefficient (Wildman–Crippen LogP) is 3.30. The van der Waals surface area contributed by atoms with Gasteiger partial charge in [-0.3, -0.25) is 9.59 Å². The van der Waals surface area contributed by atoms with Crippen LogP contribution >= 0.6 is 11.6 Å². The molecule has 0 heterocycles. The molecule has 0 spiro atoms. The first-order valence-electron chi connectivity index (χ1n) is 7.46. The first kappa shape index (κ1) is 17.8. The molecule has 126 valence electrons. The van der Waals surface area contributed by atoms with Gasteiger partial charge < -0.3 is 15.4 Å².